The third kappa shape index (κ3) is 2.79. The lowest BCUT2D eigenvalue weighted by Gasteiger charge is -2.06. The molecule has 0 bridgehead atoms. The van der Waals surface area contributed by atoms with Crippen LogP contribution in [0.2, 0.25) is 0 Å². The van der Waals surface area contributed by atoms with Gasteiger partial charge >= 0.3 is 0 Å². The number of ether oxygens (including phenoxy) is 1. The number of rotatable bonds is 3. The molecule has 0 saturated carbocycles. The Bertz CT molecular complexity index is 476. The zero-order valence-electron chi connectivity index (χ0n) is 8.36. The van der Waals surface area contributed by atoms with Gasteiger partial charge in [-0.2, -0.15) is 0 Å². The molecule has 0 radical (unpaired) electrons. The summed E-state index contributed by atoms with van der Waals surface area (Å²) >= 11 is 3.09. The molecule has 0 unspecified atom stereocenters. The largest absolute Gasteiger partial charge is 0.489 e. The molecular weight excluding hydrogens is 273 g/mol. The van der Waals surface area contributed by atoms with E-state index in [2.05, 4.69) is 20.9 Å². The van der Waals surface area contributed by atoms with Crippen molar-refractivity contribution in [3.8, 4) is 5.75 Å². The molecule has 1 aromatic carbocycles. The van der Waals surface area contributed by atoms with Gasteiger partial charge in [0, 0.05) is 18.5 Å². The summed E-state index contributed by atoms with van der Waals surface area (Å²) in [5.41, 5.74) is 0.998. The second-order valence-corrected chi connectivity index (χ2v) is 4.07. The van der Waals surface area contributed by atoms with E-state index in [1.807, 2.05) is 12.1 Å². The van der Waals surface area contributed by atoms with Crippen LogP contribution < -0.4 is 4.74 Å². The summed E-state index contributed by atoms with van der Waals surface area (Å²) < 4.78 is 19.0. The summed E-state index contributed by atoms with van der Waals surface area (Å²) in [6.45, 7) is 0.406. The van der Waals surface area contributed by atoms with Crippen LogP contribution in [-0.4, -0.2) is 4.98 Å². The lowest BCUT2D eigenvalue weighted by molar-refractivity contribution is 0.304. The topological polar surface area (TPSA) is 22.1 Å². The Labute approximate surface area is 101 Å². The van der Waals surface area contributed by atoms with Gasteiger partial charge in [-0.15, -0.1) is 0 Å². The Balaban J connectivity index is 2.03. The third-order valence-corrected chi connectivity index (χ3v) is 2.69. The highest BCUT2D eigenvalue weighted by Crippen LogP contribution is 2.21. The molecule has 0 aliphatic rings. The summed E-state index contributed by atoms with van der Waals surface area (Å²) in [4.78, 5) is 3.90. The molecule has 0 aliphatic heterocycles. The average Bonchev–Trinajstić information content (AvgIpc) is 2.32. The van der Waals surface area contributed by atoms with Crippen molar-refractivity contribution in [2.75, 3.05) is 0 Å². The van der Waals surface area contributed by atoms with Crippen LogP contribution in [-0.2, 0) is 6.61 Å². The maximum Gasteiger partial charge on any atom is 0.141 e. The highest BCUT2D eigenvalue weighted by molar-refractivity contribution is 9.10. The number of hydrogen-bond acceptors (Lipinski definition) is 2. The molecule has 2 nitrogen and oxygen atoms in total. The van der Waals surface area contributed by atoms with Crippen LogP contribution in [0.1, 0.15) is 5.56 Å². The first-order chi connectivity index (χ1) is 7.75. The fourth-order valence-corrected chi connectivity index (χ4v) is 1.46. The smallest absolute Gasteiger partial charge is 0.141 e. The van der Waals surface area contributed by atoms with Crippen molar-refractivity contribution in [2.24, 2.45) is 0 Å². The fraction of sp³-hybridized carbons (Fsp3) is 0.0833. The Morgan fingerprint density at radius 3 is 2.62 bits per heavy atom. The van der Waals surface area contributed by atoms with Gasteiger partial charge < -0.3 is 4.74 Å². The van der Waals surface area contributed by atoms with E-state index in [1.54, 1.807) is 24.5 Å². The van der Waals surface area contributed by atoms with E-state index in [0.29, 0.717) is 16.8 Å². The molecule has 0 aliphatic carbocycles. The number of nitrogens with zero attached hydrogens (tertiary/aromatic N) is 1. The summed E-state index contributed by atoms with van der Waals surface area (Å²) in [6, 6.07) is 8.40. The highest BCUT2D eigenvalue weighted by Gasteiger charge is 2.01. The molecule has 0 fully saturated rings. The lowest BCUT2D eigenvalue weighted by Crippen LogP contribution is -1.95. The Morgan fingerprint density at radius 2 is 1.94 bits per heavy atom. The van der Waals surface area contributed by atoms with Gasteiger partial charge in [0.1, 0.15) is 18.2 Å². The molecule has 0 spiro atoms. The zero-order valence-corrected chi connectivity index (χ0v) is 9.95. The van der Waals surface area contributed by atoms with E-state index in [9.17, 15) is 4.39 Å². The van der Waals surface area contributed by atoms with Crippen molar-refractivity contribution in [1.29, 1.82) is 0 Å². The average molecular weight is 282 g/mol. The van der Waals surface area contributed by atoms with Gasteiger partial charge in [-0.1, -0.05) is 0 Å². The van der Waals surface area contributed by atoms with Crippen molar-refractivity contribution in [3.05, 3.63) is 58.6 Å². The van der Waals surface area contributed by atoms with Gasteiger partial charge in [0.15, 0.2) is 0 Å². The molecule has 16 heavy (non-hydrogen) atoms. The summed E-state index contributed by atoms with van der Waals surface area (Å²) in [5.74, 6) is 0.185. The van der Waals surface area contributed by atoms with Crippen molar-refractivity contribution < 1.29 is 9.13 Å². The first-order valence-electron chi connectivity index (χ1n) is 4.72. The fourth-order valence-electron chi connectivity index (χ4n) is 1.21. The molecule has 1 heterocycles. The second-order valence-electron chi connectivity index (χ2n) is 3.22. The minimum Gasteiger partial charge on any atom is -0.489 e. The van der Waals surface area contributed by atoms with Gasteiger partial charge in [-0.3, -0.25) is 4.98 Å². The van der Waals surface area contributed by atoms with E-state index < -0.39 is 0 Å². The molecule has 0 N–H and O–H groups in total. The predicted octanol–water partition coefficient (Wildman–Crippen LogP) is 3.56. The second kappa shape index (κ2) is 5.07. The molecule has 0 atom stereocenters. The van der Waals surface area contributed by atoms with Crippen molar-refractivity contribution in [1.82, 2.24) is 4.98 Å². The first kappa shape index (κ1) is 11.1. The predicted molar refractivity (Wildman–Crippen MR) is 62.7 cm³/mol. The van der Waals surface area contributed by atoms with Crippen LogP contribution in [0.25, 0.3) is 0 Å². The molecular formula is C12H9BrFNO. The van der Waals surface area contributed by atoms with Gasteiger partial charge in [-0.25, -0.2) is 4.39 Å². The summed E-state index contributed by atoms with van der Waals surface area (Å²) in [6.07, 6.45) is 3.39. The van der Waals surface area contributed by atoms with E-state index in [4.69, 9.17) is 4.74 Å². The summed E-state index contributed by atoms with van der Waals surface area (Å²) in [7, 11) is 0. The van der Waals surface area contributed by atoms with Crippen molar-refractivity contribution >= 4 is 15.9 Å². The molecule has 0 saturated heterocycles. The minimum atomic E-state index is -0.327. The molecule has 2 aromatic rings. The van der Waals surface area contributed by atoms with E-state index in [1.165, 1.54) is 6.07 Å². The van der Waals surface area contributed by atoms with Gasteiger partial charge in [0.2, 0.25) is 0 Å². The van der Waals surface area contributed by atoms with Crippen molar-refractivity contribution in [2.45, 2.75) is 6.61 Å². The lowest BCUT2D eigenvalue weighted by atomic mass is 10.3. The molecule has 0 amide bonds. The summed E-state index contributed by atoms with van der Waals surface area (Å²) in [5, 5.41) is 0. The van der Waals surface area contributed by atoms with E-state index in [0.717, 1.165) is 5.56 Å². The van der Waals surface area contributed by atoms with E-state index in [-0.39, 0.29) is 5.82 Å². The van der Waals surface area contributed by atoms with Gasteiger partial charge in [-0.05, 0) is 45.8 Å². The molecule has 4 heteroatoms. The van der Waals surface area contributed by atoms with Crippen LogP contribution >= 0.6 is 15.9 Å². The zero-order chi connectivity index (χ0) is 11.4. The quantitative estimate of drug-likeness (QED) is 0.858. The van der Waals surface area contributed by atoms with Crippen LogP contribution in [0.5, 0.6) is 5.75 Å². The Hall–Kier alpha value is -1.42. The molecule has 2 rings (SSSR count). The number of aromatic nitrogens is 1. The minimum absolute atomic E-state index is 0.327. The Kier molecular flexibility index (Phi) is 3.51. The van der Waals surface area contributed by atoms with Gasteiger partial charge in [0.05, 0.1) is 4.47 Å². The SMILES string of the molecule is Fc1cc(OCc2ccncc2)ccc1Br. The maximum atomic E-state index is 13.2. The monoisotopic (exact) mass is 281 g/mol. The first-order valence-corrected chi connectivity index (χ1v) is 5.52. The molecule has 1 aromatic heterocycles. The number of hydrogen-bond donors (Lipinski definition) is 0. The van der Waals surface area contributed by atoms with Crippen LogP contribution in [0.4, 0.5) is 4.39 Å². The highest BCUT2D eigenvalue weighted by atomic mass is 79.9. The van der Waals surface area contributed by atoms with E-state index >= 15 is 0 Å². The van der Waals surface area contributed by atoms with Crippen LogP contribution in [0.15, 0.2) is 47.2 Å². The van der Waals surface area contributed by atoms with Crippen LogP contribution in [0.3, 0.4) is 0 Å². The van der Waals surface area contributed by atoms with Gasteiger partial charge in [0.25, 0.3) is 0 Å². The number of benzene rings is 1. The standard InChI is InChI=1S/C12H9BrFNO/c13-11-2-1-10(7-12(11)14)16-8-9-3-5-15-6-4-9/h1-7H,8H2. The van der Waals surface area contributed by atoms with Crippen molar-refractivity contribution in [3.63, 3.8) is 0 Å². The number of pyridine rings is 1. The third-order valence-electron chi connectivity index (χ3n) is 2.05. The molecule has 82 valence electrons. The normalized spacial score (nSPS) is 10.1. The maximum absolute atomic E-state index is 13.2. The number of halogens is 2. The Morgan fingerprint density at radius 1 is 1.19 bits per heavy atom. The van der Waals surface area contributed by atoms with Crippen LogP contribution in [0, 0.1) is 5.82 Å².